The van der Waals surface area contributed by atoms with Gasteiger partial charge >= 0.3 is 0 Å². The third-order valence-corrected chi connectivity index (χ3v) is 3.96. The number of aliphatic hydroxyl groups is 1. The number of anilines is 2. The first-order chi connectivity index (χ1) is 11.0. The van der Waals surface area contributed by atoms with Gasteiger partial charge in [0, 0.05) is 29.4 Å². The van der Waals surface area contributed by atoms with Gasteiger partial charge in [0.1, 0.15) is 0 Å². The molecular formula is C19H24N2O2. The fraction of sp³-hybridized carbons (Fsp3) is 0.316. The van der Waals surface area contributed by atoms with E-state index in [2.05, 4.69) is 10.6 Å². The molecule has 2 aromatic carbocycles. The van der Waals surface area contributed by atoms with Crippen molar-refractivity contribution in [2.75, 3.05) is 10.6 Å². The zero-order valence-corrected chi connectivity index (χ0v) is 13.9. The van der Waals surface area contributed by atoms with Crippen LogP contribution in [0.3, 0.4) is 0 Å². The summed E-state index contributed by atoms with van der Waals surface area (Å²) < 4.78 is 0. The molecule has 0 aromatic heterocycles. The van der Waals surface area contributed by atoms with Crippen molar-refractivity contribution in [3.63, 3.8) is 0 Å². The Balaban J connectivity index is 1.96. The van der Waals surface area contributed by atoms with Crippen LogP contribution in [0.4, 0.5) is 11.4 Å². The van der Waals surface area contributed by atoms with Crippen molar-refractivity contribution in [1.82, 2.24) is 0 Å². The van der Waals surface area contributed by atoms with E-state index in [1.165, 1.54) is 0 Å². The van der Waals surface area contributed by atoms with Gasteiger partial charge in [-0.1, -0.05) is 30.3 Å². The Hall–Kier alpha value is -2.33. The van der Waals surface area contributed by atoms with Gasteiger partial charge in [-0.05, 0) is 44.0 Å². The number of carbonyl (C=O) groups excluding carboxylic acids is 1. The molecule has 1 atom stereocenters. The molecule has 4 nitrogen and oxygen atoms in total. The van der Waals surface area contributed by atoms with Crippen LogP contribution in [0, 0.1) is 13.8 Å². The molecule has 4 heteroatoms. The molecule has 0 radical (unpaired) electrons. The second kappa shape index (κ2) is 7.79. The Morgan fingerprint density at radius 3 is 2.52 bits per heavy atom. The first-order valence-corrected chi connectivity index (χ1v) is 7.82. The second-order valence-corrected chi connectivity index (χ2v) is 5.86. The largest absolute Gasteiger partial charge is 0.392 e. The van der Waals surface area contributed by atoms with Crippen molar-refractivity contribution in [2.45, 2.75) is 39.8 Å². The van der Waals surface area contributed by atoms with Gasteiger partial charge in [-0.25, -0.2) is 0 Å². The van der Waals surface area contributed by atoms with Gasteiger partial charge in [0.05, 0.1) is 6.61 Å². The van der Waals surface area contributed by atoms with E-state index in [-0.39, 0.29) is 18.6 Å². The lowest BCUT2D eigenvalue weighted by molar-refractivity contribution is -0.116. The van der Waals surface area contributed by atoms with Gasteiger partial charge in [0.25, 0.3) is 0 Å². The normalized spacial score (nSPS) is 11.8. The van der Waals surface area contributed by atoms with Crippen molar-refractivity contribution >= 4 is 17.3 Å². The summed E-state index contributed by atoms with van der Waals surface area (Å²) in [4.78, 5) is 12.2. The SMILES string of the molecule is Cc1cccc(NC(=O)CC(C)Nc2ccccc2CO)c1C. The lowest BCUT2D eigenvalue weighted by atomic mass is 10.1. The number of benzene rings is 2. The molecule has 0 bridgehead atoms. The Labute approximate surface area is 137 Å². The van der Waals surface area contributed by atoms with E-state index in [0.717, 1.165) is 28.1 Å². The molecule has 0 aliphatic carbocycles. The highest BCUT2D eigenvalue weighted by Gasteiger charge is 2.12. The summed E-state index contributed by atoms with van der Waals surface area (Å²) in [6, 6.07) is 13.4. The molecule has 0 spiro atoms. The highest BCUT2D eigenvalue weighted by molar-refractivity contribution is 5.92. The maximum atomic E-state index is 12.2. The van der Waals surface area contributed by atoms with Gasteiger partial charge in [0.2, 0.25) is 5.91 Å². The molecule has 23 heavy (non-hydrogen) atoms. The summed E-state index contributed by atoms with van der Waals surface area (Å²) in [5, 5.41) is 15.6. The number of aliphatic hydroxyl groups excluding tert-OH is 1. The highest BCUT2D eigenvalue weighted by Crippen LogP contribution is 2.19. The fourth-order valence-corrected chi connectivity index (χ4v) is 2.48. The summed E-state index contributed by atoms with van der Waals surface area (Å²) in [6.07, 6.45) is 0.354. The first kappa shape index (κ1) is 17.0. The van der Waals surface area contributed by atoms with Crippen molar-refractivity contribution in [3.8, 4) is 0 Å². The molecule has 122 valence electrons. The predicted octanol–water partition coefficient (Wildman–Crippen LogP) is 3.62. The third kappa shape index (κ3) is 4.57. The smallest absolute Gasteiger partial charge is 0.226 e. The summed E-state index contributed by atoms with van der Waals surface area (Å²) >= 11 is 0. The molecule has 0 fully saturated rings. The Morgan fingerprint density at radius 1 is 1.09 bits per heavy atom. The van der Waals surface area contributed by atoms with Crippen molar-refractivity contribution in [3.05, 3.63) is 59.2 Å². The molecule has 2 aromatic rings. The molecule has 0 aliphatic rings. The summed E-state index contributed by atoms with van der Waals surface area (Å²) in [5.74, 6) is -0.0276. The number of carbonyl (C=O) groups is 1. The molecule has 3 N–H and O–H groups in total. The lowest BCUT2D eigenvalue weighted by Gasteiger charge is -2.18. The van der Waals surface area contributed by atoms with Crippen molar-refractivity contribution in [1.29, 1.82) is 0 Å². The minimum absolute atomic E-state index is 0.0232. The highest BCUT2D eigenvalue weighted by atomic mass is 16.3. The number of rotatable bonds is 6. The van der Waals surface area contributed by atoms with E-state index < -0.39 is 0 Å². The number of hydrogen-bond donors (Lipinski definition) is 3. The molecule has 0 saturated heterocycles. The van der Waals surface area contributed by atoms with Crippen LogP contribution in [0.15, 0.2) is 42.5 Å². The van der Waals surface area contributed by atoms with Crippen LogP contribution >= 0.6 is 0 Å². The molecule has 0 aliphatic heterocycles. The Morgan fingerprint density at radius 2 is 1.78 bits per heavy atom. The predicted molar refractivity (Wildman–Crippen MR) is 94.6 cm³/mol. The molecule has 1 amide bonds. The number of aryl methyl sites for hydroxylation is 1. The molecule has 0 saturated carbocycles. The minimum atomic E-state index is -0.0344. The second-order valence-electron chi connectivity index (χ2n) is 5.86. The van der Waals surface area contributed by atoms with E-state index in [9.17, 15) is 9.90 Å². The van der Waals surface area contributed by atoms with Gasteiger partial charge in [-0.3, -0.25) is 4.79 Å². The number of para-hydroxylation sites is 1. The average molecular weight is 312 g/mol. The van der Waals surface area contributed by atoms with Crippen molar-refractivity contribution in [2.24, 2.45) is 0 Å². The van der Waals surface area contributed by atoms with Gasteiger partial charge in [0.15, 0.2) is 0 Å². The topological polar surface area (TPSA) is 61.4 Å². The third-order valence-electron chi connectivity index (χ3n) is 3.96. The molecule has 2 rings (SSSR count). The molecule has 1 unspecified atom stereocenters. The van der Waals surface area contributed by atoms with Gasteiger partial charge < -0.3 is 15.7 Å². The number of amides is 1. The summed E-state index contributed by atoms with van der Waals surface area (Å²) in [6.45, 7) is 5.96. The maximum Gasteiger partial charge on any atom is 0.226 e. The Bertz CT molecular complexity index is 683. The van der Waals surface area contributed by atoms with Crippen LogP contribution < -0.4 is 10.6 Å². The zero-order valence-electron chi connectivity index (χ0n) is 13.9. The van der Waals surface area contributed by atoms with E-state index in [1.807, 2.05) is 63.2 Å². The van der Waals surface area contributed by atoms with Crippen LogP contribution in [0.1, 0.15) is 30.0 Å². The lowest BCUT2D eigenvalue weighted by Crippen LogP contribution is -2.24. The maximum absolute atomic E-state index is 12.2. The standard InChI is InChI=1S/C19H24N2O2/c1-13-7-6-10-17(15(13)3)21-19(23)11-14(2)20-18-9-5-4-8-16(18)12-22/h4-10,14,20,22H,11-12H2,1-3H3,(H,21,23). The van der Waals surface area contributed by atoms with Crippen LogP contribution in [0.2, 0.25) is 0 Å². The zero-order chi connectivity index (χ0) is 16.8. The van der Waals surface area contributed by atoms with Crippen LogP contribution in [-0.2, 0) is 11.4 Å². The number of hydrogen-bond acceptors (Lipinski definition) is 3. The summed E-state index contributed by atoms with van der Waals surface area (Å²) in [5.41, 5.74) is 4.80. The van der Waals surface area contributed by atoms with Crippen molar-refractivity contribution < 1.29 is 9.90 Å². The fourth-order valence-electron chi connectivity index (χ4n) is 2.48. The first-order valence-electron chi connectivity index (χ1n) is 7.82. The van der Waals surface area contributed by atoms with Crippen LogP contribution in [0.25, 0.3) is 0 Å². The molecular weight excluding hydrogens is 288 g/mol. The van der Waals surface area contributed by atoms with E-state index in [4.69, 9.17) is 0 Å². The molecule has 0 heterocycles. The monoisotopic (exact) mass is 312 g/mol. The minimum Gasteiger partial charge on any atom is -0.392 e. The summed E-state index contributed by atoms with van der Waals surface area (Å²) in [7, 11) is 0. The average Bonchev–Trinajstić information content (AvgIpc) is 2.52. The Kier molecular flexibility index (Phi) is 5.77. The van der Waals surface area contributed by atoms with E-state index in [0.29, 0.717) is 6.42 Å². The van der Waals surface area contributed by atoms with Gasteiger partial charge in [-0.2, -0.15) is 0 Å². The van der Waals surface area contributed by atoms with Gasteiger partial charge in [-0.15, -0.1) is 0 Å². The van der Waals surface area contributed by atoms with E-state index in [1.54, 1.807) is 0 Å². The van der Waals surface area contributed by atoms with Crippen LogP contribution in [-0.4, -0.2) is 17.1 Å². The number of nitrogens with one attached hydrogen (secondary N) is 2. The van der Waals surface area contributed by atoms with Crippen LogP contribution in [0.5, 0.6) is 0 Å². The van der Waals surface area contributed by atoms with E-state index >= 15 is 0 Å². The quantitative estimate of drug-likeness (QED) is 0.763.